The minimum atomic E-state index is -0.715. The highest BCUT2D eigenvalue weighted by molar-refractivity contribution is 5.80. The molecule has 1 unspecified atom stereocenters. The van der Waals surface area contributed by atoms with Crippen molar-refractivity contribution in [2.75, 3.05) is 0 Å². The quantitative estimate of drug-likeness (QED) is 0.776. The summed E-state index contributed by atoms with van der Waals surface area (Å²) in [6, 6.07) is 0.353. The summed E-state index contributed by atoms with van der Waals surface area (Å²) in [6.45, 7) is 1.76. The Morgan fingerprint density at radius 3 is 2.28 bits per heavy atom. The van der Waals surface area contributed by atoms with Gasteiger partial charge in [0.2, 0.25) is 5.91 Å². The fraction of sp³-hybridized carbons (Fsp3) is 0.846. The Bertz CT molecular complexity index is 319. The molecule has 0 heterocycles. The van der Waals surface area contributed by atoms with Crippen LogP contribution in [-0.4, -0.2) is 35.2 Å². The molecule has 0 aromatic rings. The van der Waals surface area contributed by atoms with E-state index in [1.54, 1.807) is 6.92 Å². The molecule has 5 nitrogen and oxygen atoms in total. The Morgan fingerprint density at radius 2 is 1.78 bits per heavy atom. The third-order valence-electron chi connectivity index (χ3n) is 3.71. The molecule has 5 heteroatoms. The standard InChI is InChI=1S/C13H21NO4/c1-8(12(15)14-10-4-5-10)18-11-6-2-9(3-7-11)13(16)17/h8-11H,2-7H2,1H3,(H,14,15)(H,16,17). The van der Waals surface area contributed by atoms with Crippen molar-refractivity contribution >= 4 is 11.9 Å². The summed E-state index contributed by atoms with van der Waals surface area (Å²) in [5.41, 5.74) is 0. The second kappa shape index (κ2) is 5.69. The normalized spacial score (nSPS) is 29.6. The van der Waals surface area contributed by atoms with E-state index in [9.17, 15) is 9.59 Å². The van der Waals surface area contributed by atoms with E-state index in [4.69, 9.17) is 9.84 Å². The molecule has 0 aliphatic heterocycles. The fourth-order valence-corrected chi connectivity index (χ4v) is 2.34. The maximum Gasteiger partial charge on any atom is 0.306 e. The predicted molar refractivity (Wildman–Crippen MR) is 65.1 cm³/mol. The monoisotopic (exact) mass is 255 g/mol. The first-order chi connectivity index (χ1) is 8.56. The lowest BCUT2D eigenvalue weighted by atomic mass is 9.87. The number of hydrogen-bond acceptors (Lipinski definition) is 3. The van der Waals surface area contributed by atoms with E-state index in [1.807, 2.05) is 0 Å². The molecule has 102 valence electrons. The molecule has 0 radical (unpaired) electrons. The molecule has 0 saturated heterocycles. The Hall–Kier alpha value is -1.10. The smallest absolute Gasteiger partial charge is 0.306 e. The second-order valence-electron chi connectivity index (χ2n) is 5.37. The number of carbonyl (C=O) groups is 2. The molecular formula is C13H21NO4. The molecule has 18 heavy (non-hydrogen) atoms. The highest BCUT2D eigenvalue weighted by Gasteiger charge is 2.30. The number of carboxylic acids is 1. The van der Waals surface area contributed by atoms with E-state index in [2.05, 4.69) is 5.32 Å². The maximum atomic E-state index is 11.7. The number of nitrogens with one attached hydrogen (secondary N) is 1. The molecule has 2 fully saturated rings. The zero-order chi connectivity index (χ0) is 13.1. The van der Waals surface area contributed by atoms with Crippen LogP contribution in [0.1, 0.15) is 45.4 Å². The van der Waals surface area contributed by atoms with Crippen LogP contribution in [0.15, 0.2) is 0 Å². The lowest BCUT2D eigenvalue weighted by Crippen LogP contribution is -2.39. The number of rotatable bonds is 5. The largest absolute Gasteiger partial charge is 0.481 e. The summed E-state index contributed by atoms with van der Waals surface area (Å²) in [5, 5.41) is 11.8. The molecule has 2 aliphatic carbocycles. The molecule has 1 atom stereocenters. The van der Waals surface area contributed by atoms with Gasteiger partial charge in [0.1, 0.15) is 6.10 Å². The van der Waals surface area contributed by atoms with Crippen molar-refractivity contribution in [1.82, 2.24) is 5.32 Å². The molecule has 0 bridgehead atoms. The van der Waals surface area contributed by atoms with Gasteiger partial charge in [0, 0.05) is 6.04 Å². The van der Waals surface area contributed by atoms with Gasteiger partial charge in [-0.1, -0.05) is 0 Å². The molecule has 2 N–H and O–H groups in total. The number of aliphatic carboxylic acids is 1. The zero-order valence-corrected chi connectivity index (χ0v) is 10.7. The van der Waals surface area contributed by atoms with Crippen molar-refractivity contribution in [3.63, 3.8) is 0 Å². The SMILES string of the molecule is CC(OC1CCC(C(=O)O)CC1)C(=O)NC1CC1. The first kappa shape index (κ1) is 13.3. The summed E-state index contributed by atoms with van der Waals surface area (Å²) in [5.74, 6) is -0.994. The molecule has 0 aromatic heterocycles. The van der Waals surface area contributed by atoms with Crippen molar-refractivity contribution in [1.29, 1.82) is 0 Å². The number of hydrogen-bond donors (Lipinski definition) is 2. The van der Waals surface area contributed by atoms with Gasteiger partial charge in [-0.25, -0.2) is 0 Å². The predicted octanol–water partition coefficient (Wildman–Crippen LogP) is 1.31. The minimum absolute atomic E-state index is 0.0283. The van der Waals surface area contributed by atoms with Crippen LogP contribution >= 0.6 is 0 Å². The van der Waals surface area contributed by atoms with Crippen molar-refractivity contribution in [2.24, 2.45) is 5.92 Å². The van der Waals surface area contributed by atoms with E-state index in [-0.39, 0.29) is 17.9 Å². The topological polar surface area (TPSA) is 75.6 Å². The molecule has 1 amide bonds. The Kier molecular flexibility index (Phi) is 4.22. The minimum Gasteiger partial charge on any atom is -0.481 e. The molecule has 2 aliphatic rings. The van der Waals surface area contributed by atoms with Crippen LogP contribution in [0, 0.1) is 5.92 Å². The Balaban J connectivity index is 1.69. The van der Waals surface area contributed by atoms with Crippen LogP contribution in [0.3, 0.4) is 0 Å². The molecular weight excluding hydrogens is 234 g/mol. The second-order valence-corrected chi connectivity index (χ2v) is 5.37. The van der Waals surface area contributed by atoms with Crippen molar-refractivity contribution in [2.45, 2.75) is 63.7 Å². The van der Waals surface area contributed by atoms with Gasteiger partial charge in [-0.3, -0.25) is 9.59 Å². The van der Waals surface area contributed by atoms with Gasteiger partial charge in [-0.05, 0) is 45.4 Å². The molecule has 0 spiro atoms. The fourth-order valence-electron chi connectivity index (χ4n) is 2.34. The van der Waals surface area contributed by atoms with E-state index in [0.717, 1.165) is 25.7 Å². The van der Waals surface area contributed by atoms with E-state index in [0.29, 0.717) is 18.9 Å². The van der Waals surface area contributed by atoms with E-state index < -0.39 is 12.1 Å². The van der Waals surface area contributed by atoms with Gasteiger partial charge in [-0.15, -0.1) is 0 Å². The van der Waals surface area contributed by atoms with Gasteiger partial charge in [0.15, 0.2) is 0 Å². The Morgan fingerprint density at radius 1 is 1.17 bits per heavy atom. The van der Waals surface area contributed by atoms with Crippen LogP contribution in [0.25, 0.3) is 0 Å². The van der Waals surface area contributed by atoms with Crippen molar-refractivity contribution < 1.29 is 19.4 Å². The van der Waals surface area contributed by atoms with E-state index in [1.165, 1.54) is 0 Å². The highest BCUT2D eigenvalue weighted by Crippen LogP contribution is 2.27. The van der Waals surface area contributed by atoms with Crippen LogP contribution in [0.2, 0.25) is 0 Å². The van der Waals surface area contributed by atoms with E-state index >= 15 is 0 Å². The van der Waals surface area contributed by atoms with Crippen LogP contribution in [0.5, 0.6) is 0 Å². The average molecular weight is 255 g/mol. The first-order valence-corrected chi connectivity index (χ1v) is 6.75. The molecule has 2 rings (SSSR count). The van der Waals surface area contributed by atoms with Gasteiger partial charge < -0.3 is 15.2 Å². The Labute approximate surface area is 107 Å². The average Bonchev–Trinajstić information content (AvgIpc) is 3.13. The summed E-state index contributed by atoms with van der Waals surface area (Å²) < 4.78 is 5.70. The third-order valence-corrected chi connectivity index (χ3v) is 3.71. The summed E-state index contributed by atoms with van der Waals surface area (Å²) in [6.07, 6.45) is 4.51. The van der Waals surface area contributed by atoms with Crippen LogP contribution in [0.4, 0.5) is 0 Å². The van der Waals surface area contributed by atoms with Gasteiger partial charge in [-0.2, -0.15) is 0 Å². The summed E-state index contributed by atoms with van der Waals surface area (Å²) >= 11 is 0. The molecule has 0 aromatic carbocycles. The lowest BCUT2D eigenvalue weighted by Gasteiger charge is -2.28. The number of carbonyl (C=O) groups excluding carboxylic acids is 1. The number of carboxylic acid groups (broad SMARTS) is 1. The first-order valence-electron chi connectivity index (χ1n) is 6.75. The van der Waals surface area contributed by atoms with Crippen molar-refractivity contribution in [3.05, 3.63) is 0 Å². The highest BCUT2D eigenvalue weighted by atomic mass is 16.5. The van der Waals surface area contributed by atoms with Crippen LogP contribution in [-0.2, 0) is 14.3 Å². The summed E-state index contributed by atoms with van der Waals surface area (Å²) in [7, 11) is 0. The lowest BCUT2D eigenvalue weighted by molar-refractivity contribution is -0.146. The number of ether oxygens (including phenoxy) is 1. The number of amides is 1. The van der Waals surface area contributed by atoms with Gasteiger partial charge in [0.05, 0.1) is 12.0 Å². The van der Waals surface area contributed by atoms with Crippen LogP contribution < -0.4 is 5.32 Å². The summed E-state index contributed by atoms with van der Waals surface area (Å²) in [4.78, 5) is 22.5. The maximum absolute atomic E-state index is 11.7. The van der Waals surface area contributed by atoms with Crippen molar-refractivity contribution in [3.8, 4) is 0 Å². The molecule has 2 saturated carbocycles. The van der Waals surface area contributed by atoms with Gasteiger partial charge in [0.25, 0.3) is 0 Å². The third kappa shape index (κ3) is 3.70. The zero-order valence-electron chi connectivity index (χ0n) is 10.7. The van der Waals surface area contributed by atoms with Gasteiger partial charge >= 0.3 is 5.97 Å².